The number of hydrogen-bond donors (Lipinski definition) is 1. The first-order valence-electron chi connectivity index (χ1n) is 5.72. The Morgan fingerprint density at radius 1 is 1.50 bits per heavy atom. The standard InChI is InChI=1S/C13H17BrO2/c1-16-13-7-5-10(14)8-11(13)12(15)6-4-9-2-3-9/h5,7-9,12,15H,2-4,6H2,1H3. The van der Waals surface area contributed by atoms with E-state index in [2.05, 4.69) is 15.9 Å². The number of halogens is 1. The lowest BCUT2D eigenvalue weighted by Crippen LogP contribution is -2.01. The fourth-order valence-electron chi connectivity index (χ4n) is 1.92. The predicted molar refractivity (Wildman–Crippen MR) is 67.6 cm³/mol. The number of benzene rings is 1. The molecule has 1 unspecified atom stereocenters. The van der Waals surface area contributed by atoms with Gasteiger partial charge in [0, 0.05) is 10.0 Å². The Morgan fingerprint density at radius 3 is 2.88 bits per heavy atom. The van der Waals surface area contributed by atoms with E-state index in [4.69, 9.17) is 4.74 Å². The monoisotopic (exact) mass is 284 g/mol. The fourth-order valence-corrected chi connectivity index (χ4v) is 2.30. The van der Waals surface area contributed by atoms with Crippen LogP contribution in [0.4, 0.5) is 0 Å². The van der Waals surface area contributed by atoms with Gasteiger partial charge < -0.3 is 9.84 Å². The molecule has 1 aromatic carbocycles. The molecule has 1 N–H and O–H groups in total. The van der Waals surface area contributed by atoms with Gasteiger partial charge in [0.25, 0.3) is 0 Å². The van der Waals surface area contributed by atoms with Crippen LogP contribution in [0.25, 0.3) is 0 Å². The van der Waals surface area contributed by atoms with E-state index in [-0.39, 0.29) is 0 Å². The second-order valence-corrected chi connectivity index (χ2v) is 5.34. The SMILES string of the molecule is COc1ccc(Br)cc1C(O)CCC1CC1. The molecular weight excluding hydrogens is 268 g/mol. The van der Waals surface area contributed by atoms with E-state index in [0.717, 1.165) is 34.5 Å². The second kappa shape index (κ2) is 5.19. The minimum atomic E-state index is -0.409. The second-order valence-electron chi connectivity index (χ2n) is 4.42. The maximum Gasteiger partial charge on any atom is 0.124 e. The van der Waals surface area contributed by atoms with Gasteiger partial charge in [0.05, 0.1) is 13.2 Å². The lowest BCUT2D eigenvalue weighted by atomic mass is 10.0. The maximum absolute atomic E-state index is 10.1. The molecular formula is C13H17BrO2. The Morgan fingerprint density at radius 2 is 2.25 bits per heavy atom. The maximum atomic E-state index is 10.1. The summed E-state index contributed by atoms with van der Waals surface area (Å²) < 4.78 is 6.24. The minimum Gasteiger partial charge on any atom is -0.496 e. The molecule has 0 bridgehead atoms. The van der Waals surface area contributed by atoms with Gasteiger partial charge in [0.2, 0.25) is 0 Å². The highest BCUT2D eigenvalue weighted by molar-refractivity contribution is 9.10. The molecule has 88 valence electrons. The van der Waals surface area contributed by atoms with Gasteiger partial charge in [0.1, 0.15) is 5.75 Å². The third-order valence-corrected chi connectivity index (χ3v) is 3.59. The topological polar surface area (TPSA) is 29.5 Å². The van der Waals surface area contributed by atoms with E-state index in [1.807, 2.05) is 18.2 Å². The molecule has 0 heterocycles. The van der Waals surface area contributed by atoms with Crippen molar-refractivity contribution in [3.05, 3.63) is 28.2 Å². The van der Waals surface area contributed by atoms with E-state index in [9.17, 15) is 5.11 Å². The van der Waals surface area contributed by atoms with Crippen LogP contribution in [0.3, 0.4) is 0 Å². The number of aliphatic hydroxyl groups excluding tert-OH is 1. The van der Waals surface area contributed by atoms with Crippen LogP contribution in [0.2, 0.25) is 0 Å². The predicted octanol–water partition coefficient (Wildman–Crippen LogP) is 3.68. The van der Waals surface area contributed by atoms with Gasteiger partial charge in [-0.25, -0.2) is 0 Å². The Balaban J connectivity index is 2.06. The van der Waals surface area contributed by atoms with Crippen molar-refractivity contribution in [2.45, 2.75) is 31.8 Å². The third kappa shape index (κ3) is 2.98. The van der Waals surface area contributed by atoms with Gasteiger partial charge in [0.15, 0.2) is 0 Å². The molecule has 1 atom stereocenters. The van der Waals surface area contributed by atoms with Gasteiger partial charge in [-0.05, 0) is 37.0 Å². The van der Waals surface area contributed by atoms with Crippen molar-refractivity contribution in [2.75, 3.05) is 7.11 Å². The number of ether oxygens (including phenoxy) is 1. The minimum absolute atomic E-state index is 0.409. The van der Waals surface area contributed by atoms with Crippen LogP contribution in [0.15, 0.2) is 22.7 Å². The summed E-state index contributed by atoms with van der Waals surface area (Å²) >= 11 is 3.42. The molecule has 0 aromatic heterocycles. The lowest BCUT2D eigenvalue weighted by molar-refractivity contribution is 0.158. The van der Waals surface area contributed by atoms with Crippen molar-refractivity contribution in [1.82, 2.24) is 0 Å². The normalized spacial score (nSPS) is 17.2. The van der Waals surface area contributed by atoms with Crippen LogP contribution in [-0.4, -0.2) is 12.2 Å². The third-order valence-electron chi connectivity index (χ3n) is 3.10. The summed E-state index contributed by atoms with van der Waals surface area (Å²) in [6.45, 7) is 0. The van der Waals surface area contributed by atoms with Crippen molar-refractivity contribution in [2.24, 2.45) is 5.92 Å². The highest BCUT2D eigenvalue weighted by Gasteiger charge is 2.23. The molecule has 16 heavy (non-hydrogen) atoms. The molecule has 1 aliphatic rings. The molecule has 2 nitrogen and oxygen atoms in total. The fraction of sp³-hybridized carbons (Fsp3) is 0.538. The number of rotatable bonds is 5. The smallest absolute Gasteiger partial charge is 0.124 e. The molecule has 1 aromatic rings. The average molecular weight is 285 g/mol. The van der Waals surface area contributed by atoms with Gasteiger partial charge in [-0.2, -0.15) is 0 Å². The summed E-state index contributed by atoms with van der Waals surface area (Å²) in [5, 5.41) is 10.1. The average Bonchev–Trinajstić information content (AvgIpc) is 3.09. The van der Waals surface area contributed by atoms with Gasteiger partial charge in [-0.15, -0.1) is 0 Å². The van der Waals surface area contributed by atoms with Crippen LogP contribution >= 0.6 is 15.9 Å². The van der Waals surface area contributed by atoms with Crippen LogP contribution in [-0.2, 0) is 0 Å². The van der Waals surface area contributed by atoms with Gasteiger partial charge in [-0.1, -0.05) is 28.8 Å². The summed E-state index contributed by atoms with van der Waals surface area (Å²) in [6, 6.07) is 5.76. The summed E-state index contributed by atoms with van der Waals surface area (Å²) in [5.41, 5.74) is 0.887. The zero-order valence-electron chi connectivity index (χ0n) is 9.45. The first kappa shape index (κ1) is 11.9. The number of methoxy groups -OCH3 is 1. The summed E-state index contributed by atoms with van der Waals surface area (Å²) in [6.07, 6.45) is 4.21. The Hall–Kier alpha value is -0.540. The van der Waals surface area contributed by atoms with Crippen molar-refractivity contribution < 1.29 is 9.84 Å². The Labute approximate surface area is 105 Å². The highest BCUT2D eigenvalue weighted by Crippen LogP contribution is 2.37. The Bertz CT molecular complexity index is 361. The molecule has 3 heteroatoms. The lowest BCUT2D eigenvalue weighted by Gasteiger charge is -2.15. The first-order chi connectivity index (χ1) is 7.70. The molecule has 1 saturated carbocycles. The van der Waals surface area contributed by atoms with Crippen molar-refractivity contribution in [3.63, 3.8) is 0 Å². The molecule has 0 radical (unpaired) electrons. The summed E-state index contributed by atoms with van der Waals surface area (Å²) in [4.78, 5) is 0. The van der Waals surface area contributed by atoms with E-state index >= 15 is 0 Å². The molecule has 2 rings (SSSR count). The zero-order chi connectivity index (χ0) is 11.5. The quantitative estimate of drug-likeness (QED) is 0.894. The molecule has 1 aliphatic carbocycles. The van der Waals surface area contributed by atoms with E-state index in [1.165, 1.54) is 12.8 Å². The van der Waals surface area contributed by atoms with Crippen LogP contribution in [0.5, 0.6) is 5.75 Å². The number of aliphatic hydroxyl groups is 1. The molecule has 0 spiro atoms. The number of hydrogen-bond acceptors (Lipinski definition) is 2. The summed E-state index contributed by atoms with van der Waals surface area (Å²) in [7, 11) is 1.64. The van der Waals surface area contributed by atoms with Crippen molar-refractivity contribution in [1.29, 1.82) is 0 Å². The van der Waals surface area contributed by atoms with E-state index in [1.54, 1.807) is 7.11 Å². The molecule has 0 amide bonds. The first-order valence-corrected chi connectivity index (χ1v) is 6.51. The molecule has 0 aliphatic heterocycles. The van der Waals surface area contributed by atoms with Gasteiger partial charge in [-0.3, -0.25) is 0 Å². The van der Waals surface area contributed by atoms with E-state index < -0.39 is 6.10 Å². The van der Waals surface area contributed by atoms with Crippen LogP contribution < -0.4 is 4.74 Å². The molecule has 1 fully saturated rings. The van der Waals surface area contributed by atoms with E-state index in [0.29, 0.717) is 0 Å². The van der Waals surface area contributed by atoms with Gasteiger partial charge >= 0.3 is 0 Å². The largest absolute Gasteiger partial charge is 0.496 e. The summed E-state index contributed by atoms with van der Waals surface area (Å²) in [5.74, 6) is 1.62. The Kier molecular flexibility index (Phi) is 3.87. The zero-order valence-corrected chi connectivity index (χ0v) is 11.0. The van der Waals surface area contributed by atoms with Crippen molar-refractivity contribution >= 4 is 15.9 Å². The highest BCUT2D eigenvalue weighted by atomic mass is 79.9. The van der Waals surface area contributed by atoms with Crippen molar-refractivity contribution in [3.8, 4) is 5.75 Å². The van der Waals surface area contributed by atoms with Crippen LogP contribution in [0.1, 0.15) is 37.4 Å². The van der Waals surface area contributed by atoms with Crippen LogP contribution in [0, 0.1) is 5.92 Å². The molecule has 0 saturated heterocycles.